The Kier molecular flexibility index (Phi) is 5.32. The van der Waals surface area contributed by atoms with E-state index in [1.54, 1.807) is 7.11 Å². The third kappa shape index (κ3) is 3.74. The molecule has 1 atom stereocenters. The van der Waals surface area contributed by atoms with Crippen molar-refractivity contribution in [3.8, 4) is 17.4 Å². The molecule has 0 radical (unpaired) electrons. The van der Waals surface area contributed by atoms with Crippen LogP contribution >= 0.6 is 0 Å². The molecule has 2 heterocycles. The maximum atomic E-state index is 12.6. The number of amides is 1. The number of anilines is 1. The van der Waals surface area contributed by atoms with Crippen LogP contribution in [0.2, 0.25) is 0 Å². The van der Waals surface area contributed by atoms with Gasteiger partial charge in [-0.25, -0.2) is 9.97 Å². The first-order valence-corrected chi connectivity index (χ1v) is 9.84. The minimum absolute atomic E-state index is 0.162. The maximum Gasteiger partial charge on any atom is 0.226 e. The van der Waals surface area contributed by atoms with Crippen molar-refractivity contribution in [3.63, 3.8) is 0 Å². The number of methoxy groups -OCH3 is 1. The molecule has 2 fully saturated rings. The third-order valence-electron chi connectivity index (χ3n) is 5.60. The first kappa shape index (κ1) is 18.5. The maximum absolute atomic E-state index is 12.6. The van der Waals surface area contributed by atoms with Gasteiger partial charge in [0.15, 0.2) is 11.5 Å². The Bertz CT molecular complexity index is 840. The lowest BCUT2D eigenvalue weighted by atomic mass is 9.84. The van der Waals surface area contributed by atoms with Crippen LogP contribution in [0.15, 0.2) is 36.7 Å². The molecule has 1 aromatic carbocycles. The van der Waals surface area contributed by atoms with Crippen molar-refractivity contribution in [1.29, 1.82) is 0 Å². The number of para-hydroxylation sites is 2. The molecule has 148 valence electrons. The molecule has 0 bridgehead atoms. The van der Waals surface area contributed by atoms with Gasteiger partial charge in [0.2, 0.25) is 11.8 Å². The highest BCUT2D eigenvalue weighted by atomic mass is 16.5. The van der Waals surface area contributed by atoms with Crippen molar-refractivity contribution < 1.29 is 14.3 Å². The summed E-state index contributed by atoms with van der Waals surface area (Å²) >= 11 is 0. The van der Waals surface area contributed by atoms with Gasteiger partial charge in [0, 0.05) is 37.7 Å². The number of hydrogen-bond donors (Lipinski definition) is 0. The summed E-state index contributed by atoms with van der Waals surface area (Å²) in [7, 11) is 1.61. The van der Waals surface area contributed by atoms with E-state index < -0.39 is 0 Å². The Morgan fingerprint density at radius 3 is 2.61 bits per heavy atom. The van der Waals surface area contributed by atoms with Gasteiger partial charge in [0.1, 0.15) is 12.1 Å². The van der Waals surface area contributed by atoms with Gasteiger partial charge in [-0.1, -0.05) is 18.6 Å². The molecule has 0 N–H and O–H groups in total. The zero-order chi connectivity index (χ0) is 19.5. The van der Waals surface area contributed by atoms with Gasteiger partial charge in [-0.2, -0.15) is 0 Å². The van der Waals surface area contributed by atoms with E-state index >= 15 is 0 Å². The van der Waals surface area contributed by atoms with Crippen LogP contribution in [0.4, 0.5) is 5.82 Å². The number of aromatic nitrogens is 2. The molecule has 1 aromatic heterocycles. The minimum Gasteiger partial charge on any atom is -0.493 e. The van der Waals surface area contributed by atoms with Crippen LogP contribution in [-0.2, 0) is 4.79 Å². The number of carbonyl (C=O) groups excluding carboxylic acids is 1. The topological polar surface area (TPSA) is 67.8 Å². The second-order valence-electron chi connectivity index (χ2n) is 7.42. The zero-order valence-electron chi connectivity index (χ0n) is 16.4. The number of hydrogen-bond acceptors (Lipinski definition) is 6. The van der Waals surface area contributed by atoms with E-state index in [2.05, 4.69) is 21.8 Å². The van der Waals surface area contributed by atoms with E-state index in [0.717, 1.165) is 38.3 Å². The summed E-state index contributed by atoms with van der Waals surface area (Å²) < 4.78 is 11.2. The van der Waals surface area contributed by atoms with E-state index in [0.29, 0.717) is 23.3 Å². The van der Waals surface area contributed by atoms with Gasteiger partial charge < -0.3 is 19.3 Å². The Balaban J connectivity index is 1.44. The van der Waals surface area contributed by atoms with E-state index in [1.807, 2.05) is 35.2 Å². The first-order valence-electron chi connectivity index (χ1n) is 9.84. The molecule has 7 nitrogen and oxygen atoms in total. The molecular formula is C21H26N4O3. The summed E-state index contributed by atoms with van der Waals surface area (Å²) in [4.78, 5) is 25.5. The van der Waals surface area contributed by atoms with Gasteiger partial charge in [-0.05, 0) is 31.9 Å². The van der Waals surface area contributed by atoms with E-state index in [9.17, 15) is 4.79 Å². The number of rotatable bonds is 5. The molecule has 7 heteroatoms. The molecule has 1 saturated carbocycles. The Morgan fingerprint density at radius 1 is 1.14 bits per heavy atom. The SMILES string of the molecule is COc1ccccc1Oc1cc(N2CCN(C(=O)C3CCC3)[C@@H](C)C2)ncn1. The second-order valence-corrected chi connectivity index (χ2v) is 7.42. The standard InChI is InChI=1S/C21H26N4O3/c1-15-13-24(10-11-25(15)21(26)16-6-5-7-16)19-12-20(23-14-22-19)28-18-9-4-3-8-17(18)27-2/h3-4,8-9,12,14-16H,5-7,10-11,13H2,1-2H3/t15-/m0/s1. The smallest absolute Gasteiger partial charge is 0.226 e. The summed E-state index contributed by atoms with van der Waals surface area (Å²) in [5.41, 5.74) is 0. The first-order chi connectivity index (χ1) is 13.7. The van der Waals surface area contributed by atoms with Crippen LogP contribution in [0.5, 0.6) is 17.4 Å². The lowest BCUT2D eigenvalue weighted by Gasteiger charge is -2.43. The monoisotopic (exact) mass is 382 g/mol. The van der Waals surface area contributed by atoms with E-state index in [-0.39, 0.29) is 12.0 Å². The highest BCUT2D eigenvalue weighted by Crippen LogP contribution is 2.32. The third-order valence-corrected chi connectivity index (χ3v) is 5.60. The van der Waals surface area contributed by atoms with Gasteiger partial charge in [-0.3, -0.25) is 4.79 Å². The van der Waals surface area contributed by atoms with Crippen LogP contribution in [-0.4, -0.2) is 53.6 Å². The van der Waals surface area contributed by atoms with E-state index in [4.69, 9.17) is 9.47 Å². The highest BCUT2D eigenvalue weighted by molar-refractivity contribution is 5.80. The van der Waals surface area contributed by atoms with Gasteiger partial charge in [0.25, 0.3) is 0 Å². The molecule has 4 rings (SSSR count). The Morgan fingerprint density at radius 2 is 1.93 bits per heavy atom. The van der Waals surface area contributed by atoms with Crippen LogP contribution < -0.4 is 14.4 Å². The number of ether oxygens (including phenoxy) is 2. The lowest BCUT2D eigenvalue weighted by molar-refractivity contribution is -0.140. The van der Waals surface area contributed by atoms with Crippen molar-refractivity contribution in [1.82, 2.24) is 14.9 Å². The number of carbonyl (C=O) groups is 1. The number of piperazine rings is 1. The van der Waals surface area contributed by atoms with Crippen LogP contribution in [0.1, 0.15) is 26.2 Å². The van der Waals surface area contributed by atoms with Crippen LogP contribution in [0.3, 0.4) is 0 Å². The second kappa shape index (κ2) is 8.04. The quantitative estimate of drug-likeness (QED) is 0.792. The molecular weight excluding hydrogens is 356 g/mol. The predicted octanol–water partition coefficient (Wildman–Crippen LogP) is 3.11. The lowest BCUT2D eigenvalue weighted by Crippen LogP contribution is -2.56. The molecule has 1 aliphatic carbocycles. The van der Waals surface area contributed by atoms with Crippen molar-refractivity contribution in [3.05, 3.63) is 36.7 Å². The molecule has 1 aliphatic heterocycles. The molecule has 2 aliphatic rings. The zero-order valence-corrected chi connectivity index (χ0v) is 16.4. The average molecular weight is 382 g/mol. The number of benzene rings is 1. The van der Waals surface area contributed by atoms with Gasteiger partial charge in [0.05, 0.1) is 7.11 Å². The fourth-order valence-corrected chi connectivity index (χ4v) is 3.76. The van der Waals surface area contributed by atoms with Gasteiger partial charge >= 0.3 is 0 Å². The molecule has 0 unspecified atom stereocenters. The summed E-state index contributed by atoms with van der Waals surface area (Å²) in [6, 6.07) is 9.46. The highest BCUT2D eigenvalue weighted by Gasteiger charge is 2.34. The summed E-state index contributed by atoms with van der Waals surface area (Å²) in [5.74, 6) is 3.10. The largest absolute Gasteiger partial charge is 0.493 e. The Hall–Kier alpha value is -2.83. The fourth-order valence-electron chi connectivity index (χ4n) is 3.76. The van der Waals surface area contributed by atoms with Crippen molar-refractivity contribution in [2.75, 3.05) is 31.6 Å². The van der Waals surface area contributed by atoms with Crippen molar-refractivity contribution >= 4 is 11.7 Å². The van der Waals surface area contributed by atoms with E-state index in [1.165, 1.54) is 12.7 Å². The summed E-state index contributed by atoms with van der Waals surface area (Å²) in [6.07, 6.45) is 4.78. The fraction of sp³-hybridized carbons (Fsp3) is 0.476. The van der Waals surface area contributed by atoms with Crippen LogP contribution in [0, 0.1) is 5.92 Å². The normalized spacial score (nSPS) is 19.9. The average Bonchev–Trinajstić information content (AvgIpc) is 2.67. The molecule has 28 heavy (non-hydrogen) atoms. The molecule has 2 aromatic rings. The van der Waals surface area contributed by atoms with Crippen LogP contribution in [0.25, 0.3) is 0 Å². The van der Waals surface area contributed by atoms with Gasteiger partial charge in [-0.15, -0.1) is 0 Å². The summed E-state index contributed by atoms with van der Waals surface area (Å²) in [5, 5.41) is 0. The molecule has 1 amide bonds. The van der Waals surface area contributed by atoms with Crippen molar-refractivity contribution in [2.24, 2.45) is 5.92 Å². The Labute approximate surface area is 165 Å². The minimum atomic E-state index is 0.162. The predicted molar refractivity (Wildman–Crippen MR) is 106 cm³/mol. The number of nitrogens with zero attached hydrogens (tertiary/aromatic N) is 4. The molecule has 0 spiro atoms. The molecule has 1 saturated heterocycles. The summed E-state index contributed by atoms with van der Waals surface area (Å²) in [6.45, 7) is 4.34. The van der Waals surface area contributed by atoms with Crippen molar-refractivity contribution in [2.45, 2.75) is 32.2 Å².